The van der Waals surface area contributed by atoms with Crippen LogP contribution in [0.3, 0.4) is 0 Å². The molecule has 0 aliphatic heterocycles. The highest BCUT2D eigenvalue weighted by Crippen LogP contribution is 2.28. The fourth-order valence-electron chi connectivity index (χ4n) is 2.44. The lowest BCUT2D eigenvalue weighted by atomic mass is 9.89. The first kappa shape index (κ1) is 12.9. The predicted molar refractivity (Wildman–Crippen MR) is 82.0 cm³/mol. The molecular weight excluding hydrogens is 268 g/mol. The fraction of sp³-hybridized carbons (Fsp3) is 0.118. The molecule has 1 atom stereocenters. The van der Waals surface area contributed by atoms with E-state index in [1.165, 1.54) is 11.1 Å². The lowest BCUT2D eigenvalue weighted by molar-refractivity contribution is 0.780. The summed E-state index contributed by atoms with van der Waals surface area (Å²) in [4.78, 5) is 7.37. The van der Waals surface area contributed by atoms with Crippen molar-refractivity contribution < 1.29 is 0 Å². The number of benzene rings is 2. The van der Waals surface area contributed by atoms with Crippen molar-refractivity contribution in [1.82, 2.24) is 9.97 Å². The third-order valence-corrected chi connectivity index (χ3v) is 3.66. The van der Waals surface area contributed by atoms with E-state index in [4.69, 9.17) is 11.6 Å². The monoisotopic (exact) mass is 282 g/mol. The van der Waals surface area contributed by atoms with Crippen molar-refractivity contribution in [3.8, 4) is 0 Å². The van der Waals surface area contributed by atoms with E-state index < -0.39 is 0 Å². The molecule has 0 aliphatic carbocycles. The highest BCUT2D eigenvalue weighted by molar-refractivity contribution is 6.30. The molecule has 0 radical (unpaired) electrons. The predicted octanol–water partition coefficient (Wildman–Crippen LogP) is 4.44. The first-order chi connectivity index (χ1) is 9.83. The van der Waals surface area contributed by atoms with Crippen LogP contribution in [-0.2, 0) is 6.42 Å². The molecule has 0 saturated carbocycles. The molecule has 2 aromatic carbocycles. The molecule has 1 aromatic heterocycles. The van der Waals surface area contributed by atoms with Gasteiger partial charge >= 0.3 is 0 Å². The van der Waals surface area contributed by atoms with Gasteiger partial charge in [-0.1, -0.05) is 54.1 Å². The van der Waals surface area contributed by atoms with E-state index in [1.807, 2.05) is 30.5 Å². The van der Waals surface area contributed by atoms with Crippen molar-refractivity contribution in [2.45, 2.75) is 12.3 Å². The molecule has 0 fully saturated rings. The minimum atomic E-state index is 0.235. The molecule has 3 aromatic rings. The van der Waals surface area contributed by atoms with Crippen molar-refractivity contribution in [2.24, 2.45) is 0 Å². The Balaban J connectivity index is 1.97. The van der Waals surface area contributed by atoms with Gasteiger partial charge in [-0.15, -0.1) is 0 Å². The number of rotatable bonds is 4. The first-order valence-corrected chi connectivity index (χ1v) is 6.98. The topological polar surface area (TPSA) is 28.7 Å². The Morgan fingerprint density at radius 1 is 1.05 bits per heavy atom. The van der Waals surface area contributed by atoms with Gasteiger partial charge in [0, 0.05) is 22.8 Å². The molecule has 0 bridgehead atoms. The number of nitrogens with one attached hydrogen (secondary N) is 1. The fourth-order valence-corrected chi connectivity index (χ4v) is 2.64. The number of hydrogen-bond donors (Lipinski definition) is 1. The number of imidazole rings is 1. The molecule has 20 heavy (non-hydrogen) atoms. The lowest BCUT2D eigenvalue weighted by Gasteiger charge is -2.16. The molecule has 2 nitrogen and oxygen atoms in total. The van der Waals surface area contributed by atoms with Crippen LogP contribution in [0.15, 0.2) is 67.1 Å². The van der Waals surface area contributed by atoms with Crippen LogP contribution in [0.25, 0.3) is 0 Å². The Bertz CT molecular complexity index is 662. The van der Waals surface area contributed by atoms with Crippen molar-refractivity contribution in [3.05, 3.63) is 89.0 Å². The van der Waals surface area contributed by atoms with Crippen LogP contribution in [-0.4, -0.2) is 9.97 Å². The van der Waals surface area contributed by atoms with E-state index >= 15 is 0 Å². The summed E-state index contributed by atoms with van der Waals surface area (Å²) in [6.07, 6.45) is 4.52. The summed E-state index contributed by atoms with van der Waals surface area (Å²) in [7, 11) is 0. The summed E-state index contributed by atoms with van der Waals surface area (Å²) >= 11 is 6.13. The zero-order valence-corrected chi connectivity index (χ0v) is 11.7. The zero-order valence-electron chi connectivity index (χ0n) is 11.0. The van der Waals surface area contributed by atoms with Crippen molar-refractivity contribution in [3.63, 3.8) is 0 Å². The number of aromatic amines is 1. The maximum absolute atomic E-state index is 6.13. The van der Waals surface area contributed by atoms with Crippen LogP contribution in [0.1, 0.15) is 22.7 Å². The third-order valence-electron chi connectivity index (χ3n) is 3.43. The van der Waals surface area contributed by atoms with E-state index in [1.54, 1.807) is 6.33 Å². The van der Waals surface area contributed by atoms with Gasteiger partial charge in [-0.05, 0) is 29.7 Å². The Labute approximate surface area is 123 Å². The normalized spacial score (nSPS) is 12.2. The minimum Gasteiger partial charge on any atom is -0.348 e. The van der Waals surface area contributed by atoms with Crippen molar-refractivity contribution >= 4 is 11.6 Å². The molecule has 1 N–H and O–H groups in total. The summed E-state index contributed by atoms with van der Waals surface area (Å²) in [6.45, 7) is 0. The summed E-state index contributed by atoms with van der Waals surface area (Å²) in [5.74, 6) is 0.235. The second kappa shape index (κ2) is 5.93. The summed E-state index contributed by atoms with van der Waals surface area (Å²) < 4.78 is 0. The van der Waals surface area contributed by atoms with E-state index in [0.29, 0.717) is 0 Å². The van der Waals surface area contributed by atoms with Crippen LogP contribution in [0.5, 0.6) is 0 Å². The van der Waals surface area contributed by atoms with Crippen LogP contribution in [0, 0.1) is 0 Å². The number of hydrogen-bond acceptors (Lipinski definition) is 1. The van der Waals surface area contributed by atoms with Crippen molar-refractivity contribution in [2.75, 3.05) is 0 Å². The highest BCUT2D eigenvalue weighted by atomic mass is 35.5. The van der Waals surface area contributed by atoms with Crippen LogP contribution >= 0.6 is 11.6 Å². The van der Waals surface area contributed by atoms with Crippen molar-refractivity contribution in [1.29, 1.82) is 0 Å². The summed E-state index contributed by atoms with van der Waals surface area (Å²) in [5, 5.41) is 0.764. The van der Waals surface area contributed by atoms with Crippen LogP contribution in [0.2, 0.25) is 5.02 Å². The highest BCUT2D eigenvalue weighted by Gasteiger charge is 2.16. The van der Waals surface area contributed by atoms with E-state index in [-0.39, 0.29) is 5.92 Å². The second-order valence-corrected chi connectivity index (χ2v) is 5.24. The largest absolute Gasteiger partial charge is 0.348 e. The van der Waals surface area contributed by atoms with Gasteiger partial charge in [0.25, 0.3) is 0 Å². The van der Waals surface area contributed by atoms with E-state index in [0.717, 1.165) is 17.1 Å². The number of aromatic nitrogens is 2. The molecule has 0 spiro atoms. The Morgan fingerprint density at radius 3 is 2.60 bits per heavy atom. The SMILES string of the molecule is Clc1cccc(C(Cc2ccccc2)c2cnc[nH]2)c1. The zero-order chi connectivity index (χ0) is 13.8. The maximum atomic E-state index is 6.13. The van der Waals surface area contributed by atoms with Gasteiger partial charge in [-0.2, -0.15) is 0 Å². The van der Waals surface area contributed by atoms with Gasteiger partial charge in [0.05, 0.1) is 6.33 Å². The Kier molecular flexibility index (Phi) is 3.84. The Morgan fingerprint density at radius 2 is 1.90 bits per heavy atom. The standard InChI is InChI=1S/C17H15ClN2/c18-15-8-4-7-14(10-15)16(17-11-19-12-20-17)9-13-5-2-1-3-6-13/h1-8,10-12,16H,9H2,(H,19,20). The molecule has 0 aliphatic rings. The number of halogens is 1. The minimum absolute atomic E-state index is 0.235. The lowest BCUT2D eigenvalue weighted by Crippen LogP contribution is -2.05. The summed E-state index contributed by atoms with van der Waals surface area (Å²) in [6, 6.07) is 18.5. The quantitative estimate of drug-likeness (QED) is 0.753. The number of H-pyrrole nitrogens is 1. The smallest absolute Gasteiger partial charge is 0.0921 e. The average Bonchev–Trinajstić information content (AvgIpc) is 3.00. The molecule has 0 saturated heterocycles. The van der Waals surface area contributed by atoms with Gasteiger partial charge in [0.2, 0.25) is 0 Å². The van der Waals surface area contributed by atoms with E-state index in [9.17, 15) is 0 Å². The Hall–Kier alpha value is -2.06. The molecule has 3 heteroatoms. The summed E-state index contributed by atoms with van der Waals surface area (Å²) in [5.41, 5.74) is 3.61. The molecular formula is C17H15ClN2. The van der Waals surface area contributed by atoms with Gasteiger partial charge < -0.3 is 4.98 Å². The average molecular weight is 283 g/mol. The van der Waals surface area contributed by atoms with Gasteiger partial charge in [-0.3, -0.25) is 0 Å². The van der Waals surface area contributed by atoms with Gasteiger partial charge in [-0.25, -0.2) is 4.98 Å². The van der Waals surface area contributed by atoms with Crippen LogP contribution < -0.4 is 0 Å². The molecule has 1 heterocycles. The molecule has 1 unspecified atom stereocenters. The maximum Gasteiger partial charge on any atom is 0.0921 e. The second-order valence-electron chi connectivity index (χ2n) is 4.80. The molecule has 100 valence electrons. The van der Waals surface area contributed by atoms with Gasteiger partial charge in [0.15, 0.2) is 0 Å². The third kappa shape index (κ3) is 2.91. The molecule has 3 rings (SSSR count). The number of nitrogens with zero attached hydrogens (tertiary/aromatic N) is 1. The van der Waals surface area contributed by atoms with E-state index in [2.05, 4.69) is 40.3 Å². The first-order valence-electron chi connectivity index (χ1n) is 6.60. The van der Waals surface area contributed by atoms with Gasteiger partial charge in [0.1, 0.15) is 0 Å². The molecule has 0 amide bonds. The van der Waals surface area contributed by atoms with Crippen LogP contribution in [0.4, 0.5) is 0 Å².